The van der Waals surface area contributed by atoms with Gasteiger partial charge in [-0.15, -0.1) is 10.2 Å². The Labute approximate surface area is 207 Å². The van der Waals surface area contributed by atoms with Gasteiger partial charge in [-0.05, 0) is 49.9 Å². The Morgan fingerprint density at radius 3 is 2.74 bits per heavy atom. The van der Waals surface area contributed by atoms with E-state index in [2.05, 4.69) is 15.5 Å². The fourth-order valence-corrected chi connectivity index (χ4v) is 5.61. The largest absolute Gasteiger partial charge is 0.497 e. The molecule has 2 heterocycles. The van der Waals surface area contributed by atoms with E-state index in [9.17, 15) is 9.59 Å². The summed E-state index contributed by atoms with van der Waals surface area (Å²) in [5.74, 6) is 1.58. The first-order valence-corrected chi connectivity index (χ1v) is 12.9. The lowest BCUT2D eigenvalue weighted by Gasteiger charge is -2.22. The Bertz CT molecular complexity index is 1420. The van der Waals surface area contributed by atoms with Crippen LogP contribution in [0.1, 0.15) is 39.0 Å². The highest BCUT2D eigenvalue weighted by Crippen LogP contribution is 2.27. The van der Waals surface area contributed by atoms with Crippen molar-refractivity contribution in [3.8, 4) is 11.4 Å². The monoisotopic (exact) mass is 491 g/mol. The quantitative estimate of drug-likeness (QED) is 0.389. The van der Waals surface area contributed by atoms with E-state index in [1.54, 1.807) is 19.2 Å². The van der Waals surface area contributed by atoms with E-state index in [0.717, 1.165) is 6.54 Å². The van der Waals surface area contributed by atoms with Crippen molar-refractivity contribution in [2.24, 2.45) is 5.92 Å². The molecule has 8 nitrogen and oxygen atoms in total. The SMILES string of the molecule is COc1cccc(-n2c(=O)c3ccccc3n3c(SC(C)C(=O)NCC4CCCCC4)nnc23)c1. The Balaban J connectivity index is 1.51. The zero-order valence-corrected chi connectivity index (χ0v) is 20.8. The molecular weight excluding hydrogens is 462 g/mol. The number of thioether (sulfide) groups is 1. The number of para-hydroxylation sites is 1. The van der Waals surface area contributed by atoms with Crippen molar-refractivity contribution in [2.45, 2.75) is 49.4 Å². The second-order valence-electron chi connectivity index (χ2n) is 8.99. The summed E-state index contributed by atoms with van der Waals surface area (Å²) < 4.78 is 8.75. The number of ether oxygens (including phenoxy) is 1. The van der Waals surface area contributed by atoms with Crippen LogP contribution in [0.5, 0.6) is 5.75 Å². The van der Waals surface area contributed by atoms with Crippen LogP contribution in [-0.2, 0) is 4.79 Å². The number of carbonyl (C=O) groups is 1. The van der Waals surface area contributed by atoms with E-state index in [0.29, 0.717) is 39.2 Å². The van der Waals surface area contributed by atoms with Crippen molar-refractivity contribution in [1.82, 2.24) is 24.5 Å². The Morgan fingerprint density at radius 2 is 1.94 bits per heavy atom. The number of rotatable bonds is 7. The average Bonchev–Trinajstić information content (AvgIpc) is 3.31. The first-order chi connectivity index (χ1) is 17.1. The van der Waals surface area contributed by atoms with Gasteiger partial charge in [0.05, 0.1) is 29.0 Å². The zero-order chi connectivity index (χ0) is 24.4. The highest BCUT2D eigenvalue weighted by Gasteiger charge is 2.23. The number of carbonyl (C=O) groups excluding carboxylic acids is 1. The molecule has 1 saturated carbocycles. The number of aromatic nitrogens is 4. The van der Waals surface area contributed by atoms with Gasteiger partial charge in [-0.1, -0.05) is 49.2 Å². The fraction of sp³-hybridized carbons (Fsp3) is 0.385. The first kappa shape index (κ1) is 23.4. The van der Waals surface area contributed by atoms with Gasteiger partial charge in [0.2, 0.25) is 11.7 Å². The zero-order valence-electron chi connectivity index (χ0n) is 19.9. The van der Waals surface area contributed by atoms with E-state index < -0.39 is 0 Å². The molecule has 1 fully saturated rings. The number of amides is 1. The van der Waals surface area contributed by atoms with Crippen LogP contribution in [-0.4, -0.2) is 44.0 Å². The van der Waals surface area contributed by atoms with Gasteiger partial charge in [-0.25, -0.2) is 4.57 Å². The van der Waals surface area contributed by atoms with Crippen molar-refractivity contribution >= 4 is 34.3 Å². The van der Waals surface area contributed by atoms with Crippen LogP contribution in [0.15, 0.2) is 58.5 Å². The summed E-state index contributed by atoms with van der Waals surface area (Å²) in [4.78, 5) is 26.4. The van der Waals surface area contributed by atoms with E-state index in [-0.39, 0.29) is 16.7 Å². The van der Waals surface area contributed by atoms with Gasteiger partial charge in [0, 0.05) is 12.6 Å². The third-order valence-corrected chi connectivity index (χ3v) is 7.69. The highest BCUT2D eigenvalue weighted by atomic mass is 32.2. The van der Waals surface area contributed by atoms with Crippen molar-refractivity contribution in [3.63, 3.8) is 0 Å². The van der Waals surface area contributed by atoms with Crippen LogP contribution in [0.4, 0.5) is 0 Å². The van der Waals surface area contributed by atoms with Crippen molar-refractivity contribution in [2.75, 3.05) is 13.7 Å². The number of hydrogen-bond donors (Lipinski definition) is 1. The molecule has 9 heteroatoms. The molecule has 5 rings (SSSR count). The number of methoxy groups -OCH3 is 1. The molecule has 1 amide bonds. The maximum absolute atomic E-state index is 13.5. The maximum atomic E-state index is 13.5. The minimum atomic E-state index is -0.359. The third kappa shape index (κ3) is 4.65. The lowest BCUT2D eigenvalue weighted by Crippen LogP contribution is -2.35. The fourth-order valence-electron chi connectivity index (χ4n) is 4.73. The van der Waals surface area contributed by atoms with E-state index in [4.69, 9.17) is 4.74 Å². The molecule has 1 aliphatic rings. The van der Waals surface area contributed by atoms with Gasteiger partial charge in [-0.3, -0.25) is 14.0 Å². The lowest BCUT2D eigenvalue weighted by atomic mass is 9.89. The molecule has 0 saturated heterocycles. The molecular formula is C26H29N5O3S. The Kier molecular flexibility index (Phi) is 6.77. The number of nitrogens with zero attached hydrogens (tertiary/aromatic N) is 4. The standard InChI is InChI=1S/C26H29N5O3S/c1-17(23(32)27-16-18-9-4-3-5-10-18)35-26-29-28-25-30(19-11-8-12-20(15-19)34-2)24(33)21-13-6-7-14-22(21)31(25)26/h6-8,11-15,17-18H,3-5,9-10,16H2,1-2H3,(H,27,32). The number of nitrogens with one attached hydrogen (secondary N) is 1. The summed E-state index contributed by atoms with van der Waals surface area (Å²) in [6, 6.07) is 14.7. The second kappa shape index (κ2) is 10.1. The third-order valence-electron chi connectivity index (χ3n) is 6.65. The maximum Gasteiger partial charge on any atom is 0.267 e. The molecule has 0 radical (unpaired) electrons. The average molecular weight is 492 g/mol. The molecule has 1 atom stereocenters. The number of hydrogen-bond acceptors (Lipinski definition) is 6. The molecule has 182 valence electrons. The molecule has 1 unspecified atom stereocenters. The lowest BCUT2D eigenvalue weighted by molar-refractivity contribution is -0.120. The molecule has 2 aromatic carbocycles. The summed E-state index contributed by atoms with van der Waals surface area (Å²) in [5, 5.41) is 12.6. The normalized spacial score (nSPS) is 15.4. The van der Waals surface area contributed by atoms with Gasteiger partial charge in [-0.2, -0.15) is 0 Å². The smallest absolute Gasteiger partial charge is 0.267 e. The molecule has 1 aliphatic carbocycles. The van der Waals surface area contributed by atoms with Gasteiger partial charge in [0.25, 0.3) is 5.56 Å². The van der Waals surface area contributed by atoms with Gasteiger partial charge in [0.1, 0.15) is 5.75 Å². The Morgan fingerprint density at radius 1 is 1.14 bits per heavy atom. The van der Waals surface area contributed by atoms with E-state index in [1.807, 2.05) is 47.7 Å². The summed E-state index contributed by atoms with van der Waals surface area (Å²) in [7, 11) is 1.59. The van der Waals surface area contributed by atoms with Crippen LogP contribution >= 0.6 is 11.8 Å². The minimum absolute atomic E-state index is 0.0113. The summed E-state index contributed by atoms with van der Waals surface area (Å²) in [5.41, 5.74) is 1.14. The van der Waals surface area contributed by atoms with Crippen molar-refractivity contribution < 1.29 is 9.53 Å². The number of benzene rings is 2. The molecule has 2 aromatic heterocycles. The molecule has 35 heavy (non-hydrogen) atoms. The summed E-state index contributed by atoms with van der Waals surface area (Å²) in [6.45, 7) is 2.60. The van der Waals surface area contributed by atoms with E-state index >= 15 is 0 Å². The first-order valence-electron chi connectivity index (χ1n) is 12.0. The number of fused-ring (bicyclic) bond motifs is 3. The molecule has 4 aromatic rings. The summed E-state index contributed by atoms with van der Waals surface area (Å²) in [6.07, 6.45) is 6.16. The predicted octanol–water partition coefficient (Wildman–Crippen LogP) is 4.22. The van der Waals surface area contributed by atoms with E-state index in [1.165, 1.54) is 48.4 Å². The van der Waals surface area contributed by atoms with Crippen LogP contribution in [0.2, 0.25) is 0 Å². The molecule has 0 spiro atoms. The predicted molar refractivity (Wildman–Crippen MR) is 138 cm³/mol. The van der Waals surface area contributed by atoms with Crippen LogP contribution in [0.3, 0.4) is 0 Å². The summed E-state index contributed by atoms with van der Waals surface area (Å²) >= 11 is 1.34. The molecule has 0 aliphatic heterocycles. The van der Waals surface area contributed by atoms with Crippen LogP contribution < -0.4 is 15.6 Å². The van der Waals surface area contributed by atoms with Crippen LogP contribution in [0, 0.1) is 5.92 Å². The van der Waals surface area contributed by atoms with Gasteiger partial charge < -0.3 is 10.1 Å². The van der Waals surface area contributed by atoms with Gasteiger partial charge >= 0.3 is 0 Å². The molecule has 1 N–H and O–H groups in total. The minimum Gasteiger partial charge on any atom is -0.497 e. The second-order valence-corrected chi connectivity index (χ2v) is 10.3. The van der Waals surface area contributed by atoms with Gasteiger partial charge in [0.15, 0.2) is 5.16 Å². The van der Waals surface area contributed by atoms with Crippen molar-refractivity contribution in [1.29, 1.82) is 0 Å². The molecule has 0 bridgehead atoms. The van der Waals surface area contributed by atoms with Crippen LogP contribution in [0.25, 0.3) is 22.4 Å². The van der Waals surface area contributed by atoms with Crippen molar-refractivity contribution in [3.05, 3.63) is 58.9 Å². The highest BCUT2D eigenvalue weighted by molar-refractivity contribution is 8.00. The Hall–Kier alpha value is -3.33. The topological polar surface area (TPSA) is 90.5 Å².